The van der Waals surface area contributed by atoms with Crippen molar-refractivity contribution in [3.63, 3.8) is 0 Å². The minimum absolute atomic E-state index is 0.00699. The van der Waals surface area contributed by atoms with Crippen LogP contribution in [0.15, 0.2) is 33.9 Å². The summed E-state index contributed by atoms with van der Waals surface area (Å²) in [5, 5.41) is 5.69. The van der Waals surface area contributed by atoms with Crippen LogP contribution in [0.1, 0.15) is 13.3 Å². The number of carbonyl (C=O) groups excluding carboxylic acids is 2. The third-order valence-electron chi connectivity index (χ3n) is 2.62. The average molecular weight is 307 g/mol. The van der Waals surface area contributed by atoms with Crippen molar-refractivity contribution >= 4 is 34.7 Å². The Bertz CT molecular complexity index is 594. The molecule has 6 nitrogen and oxygen atoms in total. The minimum Gasteiger partial charge on any atom is -0.431 e. The van der Waals surface area contributed by atoms with Crippen LogP contribution in [-0.4, -0.2) is 35.6 Å². The summed E-state index contributed by atoms with van der Waals surface area (Å²) in [5.74, 6) is -0.251. The fourth-order valence-corrected chi connectivity index (χ4v) is 2.27. The molecule has 0 spiro atoms. The second kappa shape index (κ2) is 7.68. The second-order valence-electron chi connectivity index (χ2n) is 4.36. The van der Waals surface area contributed by atoms with Crippen LogP contribution in [0.4, 0.5) is 0 Å². The van der Waals surface area contributed by atoms with Crippen molar-refractivity contribution in [2.24, 2.45) is 0 Å². The van der Waals surface area contributed by atoms with Crippen molar-refractivity contribution in [3.05, 3.63) is 24.3 Å². The van der Waals surface area contributed by atoms with Gasteiger partial charge in [0, 0.05) is 6.54 Å². The van der Waals surface area contributed by atoms with E-state index in [1.807, 2.05) is 31.2 Å². The summed E-state index contributed by atoms with van der Waals surface area (Å²) in [6.07, 6.45) is 0.868. The van der Waals surface area contributed by atoms with Crippen LogP contribution < -0.4 is 10.6 Å². The molecule has 0 aliphatic heterocycles. The maximum atomic E-state index is 11.6. The Balaban J connectivity index is 1.74. The molecule has 0 fully saturated rings. The minimum atomic E-state index is -0.228. The van der Waals surface area contributed by atoms with E-state index in [0.29, 0.717) is 17.4 Å². The van der Waals surface area contributed by atoms with Gasteiger partial charge in [-0.3, -0.25) is 9.59 Å². The quantitative estimate of drug-likeness (QED) is 0.758. The third kappa shape index (κ3) is 4.78. The smallest absolute Gasteiger partial charge is 0.257 e. The number of hydrogen-bond donors (Lipinski definition) is 2. The second-order valence-corrected chi connectivity index (χ2v) is 5.29. The molecule has 1 heterocycles. The molecule has 2 N–H and O–H groups in total. The first-order valence-corrected chi connectivity index (χ1v) is 7.69. The molecular weight excluding hydrogens is 290 g/mol. The number of hydrogen-bond acceptors (Lipinski definition) is 5. The summed E-state index contributed by atoms with van der Waals surface area (Å²) in [6, 6.07) is 7.41. The average Bonchev–Trinajstić information content (AvgIpc) is 2.91. The molecule has 21 heavy (non-hydrogen) atoms. The number of nitrogens with zero attached hydrogens (tertiary/aromatic N) is 1. The van der Waals surface area contributed by atoms with E-state index in [9.17, 15) is 9.59 Å². The maximum Gasteiger partial charge on any atom is 0.257 e. The topological polar surface area (TPSA) is 84.2 Å². The lowest BCUT2D eigenvalue weighted by Crippen LogP contribution is -2.37. The number of amides is 2. The standard InChI is InChI=1S/C14H17N3O3S/c1-2-7-15-12(18)8-16-13(19)9-21-14-17-10-5-3-4-6-11(10)20-14/h3-6H,2,7-9H2,1H3,(H,15,18)(H,16,19). The third-order valence-corrected chi connectivity index (χ3v) is 3.45. The van der Waals surface area contributed by atoms with Gasteiger partial charge in [-0.25, -0.2) is 4.98 Å². The van der Waals surface area contributed by atoms with Crippen LogP contribution >= 0.6 is 11.8 Å². The molecule has 0 atom stereocenters. The monoisotopic (exact) mass is 307 g/mol. The van der Waals surface area contributed by atoms with Gasteiger partial charge in [-0.15, -0.1) is 0 Å². The van der Waals surface area contributed by atoms with Gasteiger partial charge in [-0.05, 0) is 18.6 Å². The van der Waals surface area contributed by atoms with E-state index in [1.54, 1.807) is 0 Å². The van der Waals surface area contributed by atoms with Crippen LogP contribution in [0.2, 0.25) is 0 Å². The van der Waals surface area contributed by atoms with Gasteiger partial charge >= 0.3 is 0 Å². The van der Waals surface area contributed by atoms with Gasteiger partial charge in [0.05, 0.1) is 12.3 Å². The van der Waals surface area contributed by atoms with Gasteiger partial charge in [0.25, 0.3) is 5.22 Å². The van der Waals surface area contributed by atoms with Gasteiger partial charge in [-0.2, -0.15) is 0 Å². The summed E-state index contributed by atoms with van der Waals surface area (Å²) in [5.41, 5.74) is 1.46. The Morgan fingerprint density at radius 3 is 2.81 bits per heavy atom. The molecule has 0 aliphatic rings. The molecule has 0 aliphatic carbocycles. The van der Waals surface area contributed by atoms with E-state index in [0.717, 1.165) is 11.9 Å². The first kappa shape index (κ1) is 15.4. The van der Waals surface area contributed by atoms with Gasteiger partial charge in [0.15, 0.2) is 5.58 Å². The lowest BCUT2D eigenvalue weighted by molar-refractivity contribution is -0.124. The lowest BCUT2D eigenvalue weighted by atomic mass is 10.3. The molecule has 0 unspecified atom stereocenters. The largest absolute Gasteiger partial charge is 0.431 e. The first-order valence-electron chi connectivity index (χ1n) is 6.71. The zero-order valence-corrected chi connectivity index (χ0v) is 12.5. The highest BCUT2D eigenvalue weighted by molar-refractivity contribution is 7.99. The van der Waals surface area contributed by atoms with E-state index in [4.69, 9.17) is 4.42 Å². The Hall–Kier alpha value is -2.02. The molecule has 2 amide bonds. The summed E-state index contributed by atoms with van der Waals surface area (Å²) in [7, 11) is 0. The number of fused-ring (bicyclic) bond motifs is 1. The fourth-order valence-electron chi connectivity index (χ4n) is 1.60. The van der Waals surface area contributed by atoms with Gasteiger partial charge < -0.3 is 15.1 Å². The van der Waals surface area contributed by atoms with Crippen LogP contribution in [0.3, 0.4) is 0 Å². The number of rotatable bonds is 7. The summed E-state index contributed by atoms with van der Waals surface area (Å²) >= 11 is 1.20. The van der Waals surface area contributed by atoms with Crippen LogP contribution in [0.25, 0.3) is 11.1 Å². The first-order chi connectivity index (χ1) is 10.2. The predicted octanol–water partition coefficient (Wildman–Crippen LogP) is 1.56. The zero-order valence-electron chi connectivity index (χ0n) is 11.7. The number of thioether (sulfide) groups is 1. The van der Waals surface area contributed by atoms with Crippen molar-refractivity contribution < 1.29 is 14.0 Å². The summed E-state index contributed by atoms with van der Waals surface area (Å²) in [6.45, 7) is 2.58. The molecular formula is C14H17N3O3S. The predicted molar refractivity (Wildman–Crippen MR) is 81.0 cm³/mol. The Labute approximate surface area is 126 Å². The van der Waals surface area contributed by atoms with Gasteiger partial charge in [0.2, 0.25) is 11.8 Å². The molecule has 112 valence electrons. The maximum absolute atomic E-state index is 11.6. The molecule has 0 saturated heterocycles. The molecule has 0 bridgehead atoms. The van der Waals surface area contributed by atoms with Gasteiger partial charge in [-0.1, -0.05) is 30.8 Å². The summed E-state index contributed by atoms with van der Waals surface area (Å²) in [4.78, 5) is 27.2. The molecule has 2 aromatic rings. The zero-order chi connectivity index (χ0) is 15.1. The van der Waals surface area contributed by atoms with E-state index in [1.165, 1.54) is 11.8 Å². The van der Waals surface area contributed by atoms with Crippen molar-refractivity contribution in [3.8, 4) is 0 Å². The molecule has 1 aromatic carbocycles. The van der Waals surface area contributed by atoms with Crippen molar-refractivity contribution in [2.45, 2.75) is 18.6 Å². The normalized spacial score (nSPS) is 10.5. The summed E-state index contributed by atoms with van der Waals surface area (Å²) < 4.78 is 5.49. The SMILES string of the molecule is CCCNC(=O)CNC(=O)CSc1nc2ccccc2o1. The molecule has 0 saturated carbocycles. The van der Waals surface area contributed by atoms with E-state index in [2.05, 4.69) is 15.6 Å². The molecule has 0 radical (unpaired) electrons. The van der Waals surface area contributed by atoms with Gasteiger partial charge in [0.1, 0.15) is 5.52 Å². The van der Waals surface area contributed by atoms with E-state index >= 15 is 0 Å². The Morgan fingerprint density at radius 2 is 2.05 bits per heavy atom. The van der Waals surface area contributed by atoms with Crippen molar-refractivity contribution in [1.82, 2.24) is 15.6 Å². The highest BCUT2D eigenvalue weighted by Crippen LogP contribution is 2.22. The van der Waals surface area contributed by atoms with Crippen molar-refractivity contribution in [2.75, 3.05) is 18.8 Å². The number of oxazole rings is 1. The van der Waals surface area contributed by atoms with Crippen molar-refractivity contribution in [1.29, 1.82) is 0 Å². The number of para-hydroxylation sites is 2. The number of nitrogens with one attached hydrogen (secondary N) is 2. The van der Waals surface area contributed by atoms with E-state index in [-0.39, 0.29) is 24.1 Å². The lowest BCUT2D eigenvalue weighted by Gasteiger charge is -2.04. The Kier molecular flexibility index (Phi) is 5.62. The number of benzene rings is 1. The Morgan fingerprint density at radius 1 is 1.24 bits per heavy atom. The molecule has 2 rings (SSSR count). The van der Waals surface area contributed by atoms with Crippen LogP contribution in [0.5, 0.6) is 0 Å². The van der Waals surface area contributed by atoms with E-state index < -0.39 is 0 Å². The highest BCUT2D eigenvalue weighted by atomic mass is 32.2. The fraction of sp³-hybridized carbons (Fsp3) is 0.357. The number of aromatic nitrogens is 1. The van der Waals surface area contributed by atoms with Crippen LogP contribution in [-0.2, 0) is 9.59 Å². The molecule has 7 heteroatoms. The van der Waals surface area contributed by atoms with Crippen LogP contribution in [0, 0.1) is 0 Å². The molecule has 1 aromatic heterocycles. The highest BCUT2D eigenvalue weighted by Gasteiger charge is 2.09. The number of carbonyl (C=O) groups is 2.